The Labute approximate surface area is 140 Å². The maximum Gasteiger partial charge on any atom is 0.237 e. The number of alkyl halides is 2. The highest BCUT2D eigenvalue weighted by molar-refractivity contribution is 9.12. The van der Waals surface area contributed by atoms with Crippen LogP contribution in [0.4, 0.5) is 5.69 Å². The number of hydrogen-bond acceptors (Lipinski definition) is 3. The Kier molecular flexibility index (Phi) is 4.10. The first kappa shape index (κ1) is 15.0. The van der Waals surface area contributed by atoms with Crippen LogP contribution in [0, 0.1) is 11.8 Å². The lowest BCUT2D eigenvalue weighted by atomic mass is 9.81. The highest BCUT2D eigenvalue weighted by Gasteiger charge is 2.52. The molecule has 2 amide bonds. The number of halogens is 2. The number of methoxy groups -OCH3 is 1. The number of carbonyl (C=O) groups excluding carboxylic acids is 2. The van der Waals surface area contributed by atoms with Gasteiger partial charge in [-0.1, -0.05) is 37.9 Å². The van der Waals surface area contributed by atoms with Crippen LogP contribution in [-0.4, -0.2) is 28.6 Å². The summed E-state index contributed by atoms with van der Waals surface area (Å²) < 4.78 is 5.17. The lowest BCUT2D eigenvalue weighted by Crippen LogP contribution is -2.34. The number of fused-ring (bicyclic) bond motifs is 1. The van der Waals surface area contributed by atoms with Gasteiger partial charge in [0.05, 0.1) is 24.6 Å². The van der Waals surface area contributed by atoms with Crippen molar-refractivity contribution in [3.63, 3.8) is 0 Å². The van der Waals surface area contributed by atoms with Crippen LogP contribution in [0.5, 0.6) is 5.75 Å². The van der Waals surface area contributed by atoms with E-state index in [9.17, 15) is 9.59 Å². The lowest BCUT2D eigenvalue weighted by Gasteiger charge is -2.29. The number of imide groups is 1. The molecule has 21 heavy (non-hydrogen) atoms. The summed E-state index contributed by atoms with van der Waals surface area (Å²) in [7, 11) is 1.57. The Morgan fingerprint density at radius 3 is 2.19 bits per heavy atom. The van der Waals surface area contributed by atoms with E-state index in [4.69, 9.17) is 4.74 Å². The van der Waals surface area contributed by atoms with E-state index in [0.29, 0.717) is 24.3 Å². The van der Waals surface area contributed by atoms with Crippen LogP contribution in [0.15, 0.2) is 24.3 Å². The van der Waals surface area contributed by atoms with Gasteiger partial charge in [-0.05, 0) is 25.0 Å². The van der Waals surface area contributed by atoms with Gasteiger partial charge in [0.2, 0.25) is 11.8 Å². The number of ether oxygens (including phenoxy) is 1. The van der Waals surface area contributed by atoms with Crippen molar-refractivity contribution in [3.8, 4) is 5.75 Å². The summed E-state index contributed by atoms with van der Waals surface area (Å²) in [5, 5.41) is 0. The normalized spacial score (nSPS) is 32.2. The van der Waals surface area contributed by atoms with E-state index in [2.05, 4.69) is 31.9 Å². The van der Waals surface area contributed by atoms with Crippen molar-refractivity contribution in [1.29, 1.82) is 0 Å². The number of hydrogen-bond donors (Lipinski definition) is 0. The Bertz CT molecular complexity index is 564. The molecule has 1 heterocycles. The highest BCUT2D eigenvalue weighted by Crippen LogP contribution is 2.44. The van der Waals surface area contributed by atoms with Gasteiger partial charge in [-0.2, -0.15) is 0 Å². The average Bonchev–Trinajstić information content (AvgIpc) is 2.71. The van der Waals surface area contributed by atoms with Gasteiger partial charge in [-0.3, -0.25) is 9.59 Å². The van der Waals surface area contributed by atoms with E-state index in [1.54, 1.807) is 31.4 Å². The molecule has 1 aromatic carbocycles. The Hall–Kier alpha value is -0.880. The summed E-state index contributed by atoms with van der Waals surface area (Å²) in [6, 6.07) is 7.08. The molecule has 3 rings (SSSR count). The zero-order valence-corrected chi connectivity index (χ0v) is 14.6. The molecule has 1 saturated heterocycles. The molecule has 1 aliphatic carbocycles. The van der Waals surface area contributed by atoms with Crippen molar-refractivity contribution >= 4 is 49.4 Å². The molecule has 0 bridgehead atoms. The molecule has 6 heteroatoms. The number of rotatable bonds is 2. The van der Waals surface area contributed by atoms with Gasteiger partial charge in [0.25, 0.3) is 0 Å². The molecule has 112 valence electrons. The molecule has 2 aliphatic rings. The summed E-state index contributed by atoms with van der Waals surface area (Å²) in [4.78, 5) is 27.0. The average molecular weight is 417 g/mol. The molecule has 0 N–H and O–H groups in total. The molecular weight excluding hydrogens is 402 g/mol. The fourth-order valence-electron chi connectivity index (χ4n) is 3.10. The van der Waals surface area contributed by atoms with Gasteiger partial charge in [0, 0.05) is 15.7 Å². The highest BCUT2D eigenvalue weighted by atomic mass is 79.9. The fraction of sp³-hybridized carbons (Fsp3) is 0.467. The lowest BCUT2D eigenvalue weighted by molar-refractivity contribution is -0.122. The summed E-state index contributed by atoms with van der Waals surface area (Å²) in [6.07, 6.45) is 1.37. The van der Waals surface area contributed by atoms with Crippen molar-refractivity contribution < 1.29 is 14.3 Å². The first-order valence-electron chi connectivity index (χ1n) is 6.83. The van der Waals surface area contributed by atoms with Crippen LogP contribution in [0.2, 0.25) is 0 Å². The quantitative estimate of drug-likeness (QED) is 0.549. The van der Waals surface area contributed by atoms with Gasteiger partial charge in [-0.25, -0.2) is 4.90 Å². The molecule has 1 saturated carbocycles. The zero-order chi connectivity index (χ0) is 15.1. The SMILES string of the molecule is COc1cccc(N2C(=O)C3CC(Br)C(Br)CC3C2=O)c1. The summed E-state index contributed by atoms with van der Waals surface area (Å²) in [6.45, 7) is 0. The van der Waals surface area contributed by atoms with E-state index in [1.165, 1.54) is 4.90 Å². The minimum Gasteiger partial charge on any atom is -0.497 e. The molecule has 4 unspecified atom stereocenters. The fourth-order valence-corrected chi connectivity index (χ4v) is 4.34. The van der Waals surface area contributed by atoms with E-state index >= 15 is 0 Å². The van der Waals surface area contributed by atoms with Crippen LogP contribution < -0.4 is 9.64 Å². The maximum absolute atomic E-state index is 12.6. The van der Waals surface area contributed by atoms with Gasteiger partial charge < -0.3 is 4.74 Å². The Morgan fingerprint density at radius 1 is 1.10 bits per heavy atom. The second-order valence-corrected chi connectivity index (χ2v) is 7.78. The topological polar surface area (TPSA) is 46.6 Å². The van der Waals surface area contributed by atoms with E-state index in [0.717, 1.165) is 0 Å². The molecule has 0 aromatic heterocycles. The largest absolute Gasteiger partial charge is 0.497 e. The number of amides is 2. The van der Waals surface area contributed by atoms with Crippen molar-refractivity contribution in [2.75, 3.05) is 12.0 Å². The predicted octanol–water partition coefficient (Wildman–Crippen LogP) is 3.12. The molecule has 4 nitrogen and oxygen atoms in total. The third kappa shape index (κ3) is 2.52. The van der Waals surface area contributed by atoms with Crippen LogP contribution in [0.25, 0.3) is 0 Å². The van der Waals surface area contributed by atoms with Crippen LogP contribution in [-0.2, 0) is 9.59 Å². The van der Waals surface area contributed by atoms with Crippen LogP contribution >= 0.6 is 31.9 Å². The third-order valence-electron chi connectivity index (χ3n) is 4.22. The molecule has 1 aliphatic heterocycles. The third-order valence-corrected chi connectivity index (χ3v) is 6.96. The second-order valence-electron chi connectivity index (χ2n) is 5.43. The smallest absolute Gasteiger partial charge is 0.237 e. The Morgan fingerprint density at radius 2 is 1.67 bits per heavy atom. The molecule has 4 atom stereocenters. The molecule has 0 radical (unpaired) electrons. The van der Waals surface area contributed by atoms with E-state index in [1.807, 2.05) is 0 Å². The van der Waals surface area contributed by atoms with E-state index < -0.39 is 0 Å². The monoisotopic (exact) mass is 415 g/mol. The number of benzene rings is 1. The predicted molar refractivity (Wildman–Crippen MR) is 87.1 cm³/mol. The van der Waals surface area contributed by atoms with Gasteiger partial charge in [0.1, 0.15) is 5.75 Å². The minimum absolute atomic E-state index is 0.0953. The summed E-state index contributed by atoms with van der Waals surface area (Å²) >= 11 is 7.18. The minimum atomic E-state index is -0.220. The molecule has 0 spiro atoms. The number of anilines is 1. The molecule has 1 aromatic rings. The first-order valence-corrected chi connectivity index (χ1v) is 8.66. The second kappa shape index (κ2) is 5.72. The van der Waals surface area contributed by atoms with Crippen molar-refractivity contribution in [2.24, 2.45) is 11.8 Å². The van der Waals surface area contributed by atoms with Crippen LogP contribution in [0.1, 0.15) is 12.8 Å². The van der Waals surface area contributed by atoms with Gasteiger partial charge >= 0.3 is 0 Å². The summed E-state index contributed by atoms with van der Waals surface area (Å²) in [5.41, 5.74) is 0.594. The molecular formula is C15H15Br2NO3. The van der Waals surface area contributed by atoms with Gasteiger partial charge in [0.15, 0.2) is 0 Å². The summed E-state index contributed by atoms with van der Waals surface area (Å²) in [5.74, 6) is 0.00710. The number of carbonyl (C=O) groups is 2. The van der Waals surface area contributed by atoms with Crippen LogP contribution in [0.3, 0.4) is 0 Å². The Balaban J connectivity index is 1.93. The maximum atomic E-state index is 12.6. The number of nitrogens with zero attached hydrogens (tertiary/aromatic N) is 1. The van der Waals surface area contributed by atoms with Crippen molar-refractivity contribution in [1.82, 2.24) is 0 Å². The van der Waals surface area contributed by atoms with Crippen molar-refractivity contribution in [3.05, 3.63) is 24.3 Å². The zero-order valence-electron chi connectivity index (χ0n) is 11.5. The van der Waals surface area contributed by atoms with E-state index in [-0.39, 0.29) is 33.3 Å². The first-order chi connectivity index (χ1) is 10.0. The molecule has 2 fully saturated rings. The van der Waals surface area contributed by atoms with Gasteiger partial charge in [-0.15, -0.1) is 0 Å². The van der Waals surface area contributed by atoms with Crippen molar-refractivity contribution in [2.45, 2.75) is 22.5 Å². The standard InChI is InChI=1S/C15H15Br2NO3/c1-21-9-4-2-3-8(5-9)18-14(19)10-6-12(16)13(17)7-11(10)15(18)20/h2-5,10-13H,6-7H2,1H3.